The first kappa shape index (κ1) is 17.3. The first-order valence-electron chi connectivity index (χ1n) is 7.89. The molecular weight excluding hydrogens is 338 g/mol. The minimum absolute atomic E-state index is 0.218. The van der Waals surface area contributed by atoms with Crippen molar-refractivity contribution in [2.45, 2.75) is 0 Å². The molecular formula is C20H18ClNO3. The number of benzene rings is 3. The van der Waals surface area contributed by atoms with Crippen LogP contribution < -0.4 is 10.1 Å². The molecule has 0 atom stereocenters. The van der Waals surface area contributed by atoms with E-state index in [4.69, 9.17) is 21.1 Å². The molecule has 0 aromatic heterocycles. The van der Waals surface area contributed by atoms with E-state index in [1.165, 1.54) is 0 Å². The number of methoxy groups -OCH3 is 1. The van der Waals surface area contributed by atoms with Gasteiger partial charge >= 0.3 is 0 Å². The largest absolute Gasteiger partial charge is 0.487 e. The van der Waals surface area contributed by atoms with Crippen molar-refractivity contribution >= 4 is 34.0 Å². The van der Waals surface area contributed by atoms with Crippen molar-refractivity contribution < 1.29 is 14.3 Å². The lowest BCUT2D eigenvalue weighted by Gasteiger charge is -2.14. The molecule has 1 amide bonds. The zero-order valence-electron chi connectivity index (χ0n) is 13.8. The van der Waals surface area contributed by atoms with Gasteiger partial charge in [0.15, 0.2) is 5.75 Å². The second-order valence-electron chi connectivity index (χ2n) is 5.47. The fourth-order valence-corrected chi connectivity index (χ4v) is 2.74. The highest BCUT2D eigenvalue weighted by Crippen LogP contribution is 2.33. The van der Waals surface area contributed by atoms with Crippen LogP contribution in [0.15, 0.2) is 60.7 Å². The summed E-state index contributed by atoms with van der Waals surface area (Å²) < 4.78 is 10.6. The van der Waals surface area contributed by atoms with Crippen LogP contribution in [0.4, 0.5) is 5.69 Å². The molecule has 4 nitrogen and oxygen atoms in total. The zero-order valence-corrected chi connectivity index (χ0v) is 14.5. The summed E-state index contributed by atoms with van der Waals surface area (Å²) in [5.74, 6) is 0.222. The molecule has 0 aliphatic rings. The zero-order chi connectivity index (χ0) is 17.6. The van der Waals surface area contributed by atoms with Crippen LogP contribution in [0.5, 0.6) is 5.75 Å². The summed E-state index contributed by atoms with van der Waals surface area (Å²) in [6.07, 6.45) is 0. The van der Waals surface area contributed by atoms with E-state index < -0.39 is 0 Å². The number of rotatable bonds is 6. The van der Waals surface area contributed by atoms with Gasteiger partial charge in [0.05, 0.1) is 17.3 Å². The Balaban J connectivity index is 1.83. The third kappa shape index (κ3) is 4.10. The van der Waals surface area contributed by atoms with E-state index in [0.717, 1.165) is 10.8 Å². The van der Waals surface area contributed by atoms with Gasteiger partial charge in [0.2, 0.25) is 0 Å². The van der Waals surface area contributed by atoms with Crippen LogP contribution in [-0.4, -0.2) is 26.2 Å². The van der Waals surface area contributed by atoms with Crippen molar-refractivity contribution in [1.29, 1.82) is 0 Å². The lowest BCUT2D eigenvalue weighted by atomic mass is 10.1. The number of amides is 1. The fraction of sp³-hybridized carbons (Fsp3) is 0.150. The Morgan fingerprint density at radius 1 is 1.00 bits per heavy atom. The van der Waals surface area contributed by atoms with Crippen molar-refractivity contribution in [2.24, 2.45) is 0 Å². The summed E-state index contributed by atoms with van der Waals surface area (Å²) in [5.41, 5.74) is 1.10. The average molecular weight is 356 g/mol. The van der Waals surface area contributed by atoms with Gasteiger partial charge in [-0.25, -0.2) is 0 Å². The Hall–Kier alpha value is -2.56. The van der Waals surface area contributed by atoms with E-state index in [1.807, 2.05) is 36.4 Å². The molecule has 0 radical (unpaired) electrons. The molecule has 0 aliphatic carbocycles. The van der Waals surface area contributed by atoms with Gasteiger partial charge in [0, 0.05) is 12.7 Å². The third-order valence-corrected chi connectivity index (χ3v) is 4.06. The van der Waals surface area contributed by atoms with Crippen LogP contribution in [0.2, 0.25) is 5.02 Å². The predicted octanol–water partition coefficient (Wildman–Crippen LogP) is 4.77. The Kier molecular flexibility index (Phi) is 5.53. The number of ether oxygens (including phenoxy) is 2. The lowest BCUT2D eigenvalue weighted by Crippen LogP contribution is -2.14. The maximum atomic E-state index is 12.6. The molecule has 0 unspecified atom stereocenters. The standard InChI is InChI=1S/C20H18ClNO3/c1-24-11-12-25-19-17(21)7-4-8-18(19)22-20(23)16-10-9-14-5-2-3-6-15(14)13-16/h2-10,13H,11-12H2,1H3,(H,22,23). The number of nitrogens with one attached hydrogen (secondary N) is 1. The van der Waals surface area contributed by atoms with Gasteiger partial charge in [-0.05, 0) is 35.0 Å². The molecule has 0 fully saturated rings. The predicted molar refractivity (Wildman–Crippen MR) is 101 cm³/mol. The monoisotopic (exact) mass is 355 g/mol. The van der Waals surface area contributed by atoms with Crippen LogP contribution in [0.3, 0.4) is 0 Å². The SMILES string of the molecule is COCCOc1c(Cl)cccc1NC(=O)c1ccc2ccccc2c1. The molecule has 0 saturated heterocycles. The minimum atomic E-state index is -0.218. The highest BCUT2D eigenvalue weighted by molar-refractivity contribution is 6.32. The number of halogens is 1. The van der Waals surface area contributed by atoms with Crippen LogP contribution in [-0.2, 0) is 4.74 Å². The molecule has 3 aromatic rings. The van der Waals surface area contributed by atoms with Gasteiger partial charge < -0.3 is 14.8 Å². The quantitative estimate of drug-likeness (QED) is 0.648. The second-order valence-corrected chi connectivity index (χ2v) is 5.88. The number of carbonyl (C=O) groups is 1. The first-order valence-corrected chi connectivity index (χ1v) is 8.27. The van der Waals surface area contributed by atoms with Crippen LogP contribution in [0.1, 0.15) is 10.4 Å². The molecule has 1 N–H and O–H groups in total. The normalized spacial score (nSPS) is 10.6. The van der Waals surface area contributed by atoms with E-state index in [-0.39, 0.29) is 5.91 Å². The third-order valence-electron chi connectivity index (χ3n) is 3.76. The molecule has 25 heavy (non-hydrogen) atoms. The molecule has 3 rings (SSSR count). The minimum Gasteiger partial charge on any atom is -0.487 e. The Labute approximate surface area is 151 Å². The number of anilines is 1. The lowest BCUT2D eigenvalue weighted by molar-refractivity contribution is 0.102. The molecule has 0 spiro atoms. The molecule has 5 heteroatoms. The molecule has 0 aliphatic heterocycles. The summed E-state index contributed by atoms with van der Waals surface area (Å²) in [5, 5.41) is 5.41. The summed E-state index contributed by atoms with van der Waals surface area (Å²) in [6.45, 7) is 0.780. The maximum absolute atomic E-state index is 12.6. The highest BCUT2D eigenvalue weighted by Gasteiger charge is 2.13. The average Bonchev–Trinajstić information content (AvgIpc) is 2.63. The van der Waals surface area contributed by atoms with Crippen molar-refractivity contribution in [3.63, 3.8) is 0 Å². The van der Waals surface area contributed by atoms with Crippen molar-refractivity contribution in [2.75, 3.05) is 25.6 Å². The van der Waals surface area contributed by atoms with E-state index in [1.54, 1.807) is 31.4 Å². The topological polar surface area (TPSA) is 47.6 Å². The van der Waals surface area contributed by atoms with E-state index in [2.05, 4.69) is 5.32 Å². The Bertz CT molecular complexity index is 895. The number of carbonyl (C=O) groups excluding carboxylic acids is 1. The van der Waals surface area contributed by atoms with Gasteiger partial charge in [0.1, 0.15) is 6.61 Å². The Morgan fingerprint density at radius 2 is 1.80 bits per heavy atom. The van der Waals surface area contributed by atoms with Crippen LogP contribution >= 0.6 is 11.6 Å². The number of hydrogen-bond donors (Lipinski definition) is 1. The molecule has 128 valence electrons. The number of fused-ring (bicyclic) bond motifs is 1. The fourth-order valence-electron chi connectivity index (χ4n) is 2.51. The summed E-state index contributed by atoms with van der Waals surface area (Å²) in [4.78, 5) is 12.6. The van der Waals surface area contributed by atoms with Crippen LogP contribution in [0, 0.1) is 0 Å². The van der Waals surface area contributed by atoms with E-state index in [9.17, 15) is 4.79 Å². The van der Waals surface area contributed by atoms with E-state index >= 15 is 0 Å². The smallest absolute Gasteiger partial charge is 0.255 e. The van der Waals surface area contributed by atoms with E-state index in [0.29, 0.717) is 35.2 Å². The van der Waals surface area contributed by atoms with Gasteiger partial charge in [-0.15, -0.1) is 0 Å². The summed E-state index contributed by atoms with van der Waals surface area (Å²) in [7, 11) is 1.60. The highest BCUT2D eigenvalue weighted by atomic mass is 35.5. The van der Waals surface area contributed by atoms with Crippen molar-refractivity contribution in [1.82, 2.24) is 0 Å². The van der Waals surface area contributed by atoms with Crippen molar-refractivity contribution in [3.8, 4) is 5.75 Å². The van der Waals surface area contributed by atoms with Gasteiger partial charge in [-0.1, -0.05) is 48.0 Å². The second kappa shape index (κ2) is 8.01. The number of hydrogen-bond acceptors (Lipinski definition) is 3. The molecule has 0 bridgehead atoms. The molecule has 3 aromatic carbocycles. The van der Waals surface area contributed by atoms with Gasteiger partial charge in [-0.3, -0.25) is 4.79 Å². The molecule has 0 heterocycles. The summed E-state index contributed by atoms with van der Waals surface area (Å²) in [6, 6.07) is 18.7. The summed E-state index contributed by atoms with van der Waals surface area (Å²) >= 11 is 6.20. The molecule has 0 saturated carbocycles. The first-order chi connectivity index (χ1) is 12.2. The van der Waals surface area contributed by atoms with Gasteiger partial charge in [0.25, 0.3) is 5.91 Å². The van der Waals surface area contributed by atoms with Gasteiger partial charge in [-0.2, -0.15) is 0 Å². The van der Waals surface area contributed by atoms with Crippen LogP contribution in [0.25, 0.3) is 10.8 Å². The van der Waals surface area contributed by atoms with Crippen molar-refractivity contribution in [3.05, 3.63) is 71.2 Å². The number of para-hydroxylation sites is 1. The Morgan fingerprint density at radius 3 is 2.60 bits per heavy atom. The maximum Gasteiger partial charge on any atom is 0.255 e.